The van der Waals surface area contributed by atoms with Crippen molar-refractivity contribution < 1.29 is 43.1 Å². The van der Waals surface area contributed by atoms with Crippen molar-refractivity contribution in [3.8, 4) is 0 Å². The highest BCUT2D eigenvalue weighted by Crippen LogP contribution is 2.32. The van der Waals surface area contributed by atoms with Crippen LogP contribution in [0.4, 0.5) is 0 Å². The molecule has 8 atom stereocenters. The predicted molar refractivity (Wildman–Crippen MR) is 83.0 cm³/mol. The van der Waals surface area contributed by atoms with Gasteiger partial charge in [-0.2, -0.15) is 0 Å². The Kier molecular flexibility index (Phi) is 4.98. The smallest absolute Gasteiger partial charge is 0.331 e. The number of ether oxygens (including phenoxy) is 6. The summed E-state index contributed by atoms with van der Waals surface area (Å²) in [5, 5.41) is 9.66. The van der Waals surface area contributed by atoms with Crippen LogP contribution in [-0.4, -0.2) is 86.2 Å². The largest absolute Gasteiger partial charge is 0.454 e. The van der Waals surface area contributed by atoms with Crippen molar-refractivity contribution in [2.45, 2.75) is 49.7 Å². The Hall–Kier alpha value is -1.52. The van der Waals surface area contributed by atoms with Crippen LogP contribution in [0.5, 0.6) is 0 Å². The van der Waals surface area contributed by atoms with Crippen LogP contribution in [0.2, 0.25) is 0 Å². The van der Waals surface area contributed by atoms with E-state index < -0.39 is 42.5 Å². The van der Waals surface area contributed by atoms with Crippen LogP contribution in [-0.2, 0) is 38.0 Å². The van der Waals surface area contributed by atoms with E-state index in [1.807, 2.05) is 6.92 Å². The average Bonchev–Trinajstić information content (AvgIpc) is 3.35. The molecular formula is C17H22O9. The summed E-state index contributed by atoms with van der Waals surface area (Å²) in [7, 11) is 0. The Morgan fingerprint density at radius 2 is 1.31 bits per heavy atom. The van der Waals surface area contributed by atoms with Crippen LogP contribution in [0, 0.1) is 5.92 Å². The molecule has 0 aromatic carbocycles. The maximum Gasteiger partial charge on any atom is 0.331 e. The third-order valence-electron chi connectivity index (χ3n) is 5.13. The first-order valence-electron chi connectivity index (χ1n) is 8.76. The van der Waals surface area contributed by atoms with E-state index in [9.17, 15) is 14.7 Å². The number of aliphatic hydroxyl groups is 1. The van der Waals surface area contributed by atoms with E-state index in [2.05, 4.69) is 0 Å². The lowest BCUT2D eigenvalue weighted by molar-refractivity contribution is -0.150. The molecule has 9 heteroatoms. The number of esters is 2. The highest BCUT2D eigenvalue weighted by molar-refractivity contribution is 5.91. The van der Waals surface area contributed by atoms with E-state index in [-0.39, 0.29) is 37.9 Å². The molecule has 4 heterocycles. The average molecular weight is 370 g/mol. The fourth-order valence-electron chi connectivity index (χ4n) is 3.81. The Bertz CT molecular complexity index is 541. The molecule has 4 saturated heterocycles. The molecule has 1 N–H and O–H groups in total. The fourth-order valence-corrected chi connectivity index (χ4v) is 3.81. The molecular weight excluding hydrogens is 348 g/mol. The Labute approximate surface area is 150 Å². The van der Waals surface area contributed by atoms with Gasteiger partial charge in [0.2, 0.25) is 0 Å². The van der Waals surface area contributed by atoms with Crippen LogP contribution < -0.4 is 0 Å². The molecule has 26 heavy (non-hydrogen) atoms. The van der Waals surface area contributed by atoms with Gasteiger partial charge in [-0.3, -0.25) is 0 Å². The van der Waals surface area contributed by atoms with Gasteiger partial charge in [0.1, 0.15) is 24.4 Å². The second-order valence-corrected chi connectivity index (χ2v) is 7.02. The summed E-state index contributed by atoms with van der Waals surface area (Å²) in [6.07, 6.45) is -1.05. The van der Waals surface area contributed by atoms with Crippen molar-refractivity contribution in [3.05, 3.63) is 12.2 Å². The van der Waals surface area contributed by atoms with Gasteiger partial charge in [0.15, 0.2) is 12.2 Å². The molecule has 4 aliphatic rings. The van der Waals surface area contributed by atoms with Crippen molar-refractivity contribution >= 4 is 11.9 Å². The second-order valence-electron chi connectivity index (χ2n) is 7.02. The second kappa shape index (κ2) is 7.24. The van der Waals surface area contributed by atoms with Crippen LogP contribution in [0.15, 0.2) is 12.2 Å². The Balaban J connectivity index is 1.24. The quantitative estimate of drug-likeness (QED) is 0.490. The number of hydrogen-bond acceptors (Lipinski definition) is 9. The van der Waals surface area contributed by atoms with Crippen LogP contribution in [0.25, 0.3) is 0 Å². The molecule has 9 nitrogen and oxygen atoms in total. The Morgan fingerprint density at radius 1 is 0.808 bits per heavy atom. The zero-order valence-electron chi connectivity index (χ0n) is 14.3. The van der Waals surface area contributed by atoms with E-state index in [0.717, 1.165) is 12.2 Å². The number of hydrogen-bond donors (Lipinski definition) is 1. The number of carbonyl (C=O) groups is 2. The minimum atomic E-state index is -0.716. The molecule has 0 radical (unpaired) electrons. The summed E-state index contributed by atoms with van der Waals surface area (Å²) < 4.78 is 32.5. The molecule has 0 spiro atoms. The van der Waals surface area contributed by atoms with E-state index in [1.54, 1.807) is 0 Å². The van der Waals surface area contributed by atoms with E-state index in [4.69, 9.17) is 28.4 Å². The van der Waals surface area contributed by atoms with Crippen molar-refractivity contribution in [1.29, 1.82) is 0 Å². The number of carbonyl (C=O) groups excluding carboxylic acids is 2. The first kappa shape index (κ1) is 17.9. The third-order valence-corrected chi connectivity index (χ3v) is 5.13. The number of rotatable bonds is 4. The van der Waals surface area contributed by atoms with Crippen molar-refractivity contribution in [2.75, 3.05) is 26.4 Å². The maximum atomic E-state index is 11.9. The molecule has 0 amide bonds. The molecule has 0 aromatic rings. The number of aliphatic hydroxyl groups excluding tert-OH is 1. The lowest BCUT2D eigenvalue weighted by atomic mass is 10.0. The highest BCUT2D eigenvalue weighted by Gasteiger charge is 2.49. The Morgan fingerprint density at radius 3 is 1.96 bits per heavy atom. The maximum absolute atomic E-state index is 11.9. The molecule has 4 aliphatic heterocycles. The highest BCUT2D eigenvalue weighted by atomic mass is 16.6. The summed E-state index contributed by atoms with van der Waals surface area (Å²) in [6, 6.07) is 0. The van der Waals surface area contributed by atoms with Gasteiger partial charge in [-0.15, -0.1) is 0 Å². The molecule has 0 aromatic heterocycles. The van der Waals surface area contributed by atoms with Gasteiger partial charge in [-0.1, -0.05) is 6.92 Å². The molecule has 0 aliphatic carbocycles. The third kappa shape index (κ3) is 3.37. The lowest BCUT2D eigenvalue weighted by Gasteiger charge is -2.16. The molecule has 0 saturated carbocycles. The topological polar surface area (TPSA) is 110 Å². The van der Waals surface area contributed by atoms with Gasteiger partial charge in [0.25, 0.3) is 0 Å². The summed E-state index contributed by atoms with van der Waals surface area (Å²) in [6.45, 7) is 3.18. The van der Waals surface area contributed by atoms with Crippen molar-refractivity contribution in [1.82, 2.24) is 0 Å². The summed E-state index contributed by atoms with van der Waals surface area (Å²) in [5.41, 5.74) is 0. The minimum absolute atomic E-state index is 0.0566. The molecule has 144 valence electrons. The van der Waals surface area contributed by atoms with Gasteiger partial charge in [0, 0.05) is 18.1 Å². The zero-order chi connectivity index (χ0) is 18.3. The van der Waals surface area contributed by atoms with Crippen LogP contribution in [0.1, 0.15) is 6.92 Å². The van der Waals surface area contributed by atoms with Gasteiger partial charge >= 0.3 is 11.9 Å². The summed E-state index contributed by atoms with van der Waals surface area (Å²) in [4.78, 5) is 23.8. The van der Waals surface area contributed by atoms with Gasteiger partial charge in [0.05, 0.1) is 32.5 Å². The van der Waals surface area contributed by atoms with E-state index in [1.165, 1.54) is 0 Å². The minimum Gasteiger partial charge on any atom is -0.454 e. The SMILES string of the molecule is C[C@@H]1CO[C@H]2[C@@H]1OC[C@H]2OC(=O)/C=C/C(=O)O[C@@H]1CO[C@H]2[C@@H]1OC[C@H]2O. The van der Waals surface area contributed by atoms with Crippen LogP contribution >= 0.6 is 0 Å². The van der Waals surface area contributed by atoms with Gasteiger partial charge in [-0.05, 0) is 0 Å². The first-order valence-corrected chi connectivity index (χ1v) is 8.76. The van der Waals surface area contributed by atoms with Gasteiger partial charge < -0.3 is 33.5 Å². The number of fused-ring (bicyclic) bond motifs is 2. The van der Waals surface area contributed by atoms with Crippen molar-refractivity contribution in [3.63, 3.8) is 0 Å². The monoisotopic (exact) mass is 370 g/mol. The predicted octanol–water partition coefficient (Wildman–Crippen LogP) is -1.04. The van der Waals surface area contributed by atoms with Gasteiger partial charge in [-0.25, -0.2) is 9.59 Å². The van der Waals surface area contributed by atoms with E-state index in [0.29, 0.717) is 6.61 Å². The normalized spacial score (nSPS) is 44.2. The molecule has 0 unspecified atom stereocenters. The molecule has 0 bridgehead atoms. The van der Waals surface area contributed by atoms with E-state index >= 15 is 0 Å². The first-order chi connectivity index (χ1) is 12.5. The summed E-state index contributed by atoms with van der Waals surface area (Å²) in [5.74, 6) is -1.09. The molecule has 4 rings (SSSR count). The summed E-state index contributed by atoms with van der Waals surface area (Å²) >= 11 is 0. The standard InChI is InChI=1S/C17H22O9/c1-8-4-21-16-10(6-23-14(8)16)25-12(19)2-3-13(20)26-11-7-24-15-9(18)5-22-17(11)15/h2-3,8-11,14-18H,4-7H2,1H3/b3-2+/t8-,9-,10-,11-,14-,15-,16-,17-/m1/s1. The lowest BCUT2D eigenvalue weighted by Crippen LogP contribution is -2.34. The fraction of sp³-hybridized carbons (Fsp3) is 0.765. The van der Waals surface area contributed by atoms with Crippen LogP contribution in [0.3, 0.4) is 0 Å². The van der Waals surface area contributed by atoms with Crippen molar-refractivity contribution in [2.24, 2.45) is 5.92 Å². The zero-order valence-corrected chi connectivity index (χ0v) is 14.3. The molecule has 4 fully saturated rings.